The fourth-order valence-electron chi connectivity index (χ4n) is 3.53. The average Bonchev–Trinajstić information content (AvgIpc) is 3.01. The van der Waals surface area contributed by atoms with E-state index in [2.05, 4.69) is 10.4 Å². The van der Waals surface area contributed by atoms with Gasteiger partial charge in [-0.15, -0.1) is 5.10 Å². The molecule has 6 nitrogen and oxygen atoms in total. The van der Waals surface area contributed by atoms with Crippen molar-refractivity contribution in [2.75, 3.05) is 5.32 Å². The molecule has 0 saturated heterocycles. The lowest BCUT2D eigenvalue weighted by Gasteiger charge is -2.25. The Morgan fingerprint density at radius 3 is 2.61 bits per heavy atom. The first-order valence-electron chi connectivity index (χ1n) is 8.99. The molecule has 0 aliphatic heterocycles. The summed E-state index contributed by atoms with van der Waals surface area (Å²) < 4.78 is 40.2. The van der Waals surface area contributed by atoms with Gasteiger partial charge in [-0.05, 0) is 44.4 Å². The number of rotatable bonds is 4. The van der Waals surface area contributed by atoms with Gasteiger partial charge < -0.3 is 11.1 Å². The number of amides is 2. The summed E-state index contributed by atoms with van der Waals surface area (Å²) in [4.78, 5) is 23.9. The first kappa shape index (κ1) is 19.9. The van der Waals surface area contributed by atoms with Gasteiger partial charge >= 0.3 is 6.18 Å². The average molecular weight is 394 g/mol. The molecule has 1 heterocycles. The third-order valence-electron chi connectivity index (χ3n) is 5.00. The van der Waals surface area contributed by atoms with Gasteiger partial charge in [0.2, 0.25) is 11.8 Å². The van der Waals surface area contributed by atoms with E-state index in [1.165, 1.54) is 16.8 Å². The molecule has 3 N–H and O–H groups in total. The molecule has 2 aromatic rings. The van der Waals surface area contributed by atoms with Crippen LogP contribution in [0.15, 0.2) is 30.3 Å². The highest BCUT2D eigenvalue weighted by Gasteiger charge is 2.31. The van der Waals surface area contributed by atoms with Crippen LogP contribution in [0.1, 0.15) is 36.9 Å². The van der Waals surface area contributed by atoms with Gasteiger partial charge in [-0.25, -0.2) is 4.68 Å². The van der Waals surface area contributed by atoms with E-state index in [0.717, 1.165) is 18.6 Å². The highest BCUT2D eigenvalue weighted by atomic mass is 19.4. The lowest BCUT2D eigenvalue weighted by atomic mass is 9.80. The number of hydrogen-bond donors (Lipinski definition) is 2. The molecule has 0 spiro atoms. The number of nitrogens with zero attached hydrogens (tertiary/aromatic N) is 2. The predicted molar refractivity (Wildman–Crippen MR) is 96.6 cm³/mol. The smallest absolute Gasteiger partial charge is 0.369 e. The highest BCUT2D eigenvalue weighted by molar-refractivity contribution is 5.92. The molecule has 1 aliphatic carbocycles. The van der Waals surface area contributed by atoms with Gasteiger partial charge in [0, 0.05) is 23.6 Å². The number of carbonyl (C=O) groups is 2. The number of nitrogens with one attached hydrogen (secondary N) is 1. The van der Waals surface area contributed by atoms with Gasteiger partial charge in [-0.1, -0.05) is 12.5 Å². The van der Waals surface area contributed by atoms with Crippen LogP contribution in [0.4, 0.5) is 19.0 Å². The third kappa shape index (κ3) is 4.35. The maximum absolute atomic E-state index is 12.9. The van der Waals surface area contributed by atoms with Crippen molar-refractivity contribution >= 4 is 17.6 Å². The fraction of sp³-hybridized carbons (Fsp3) is 0.421. The number of alkyl halides is 3. The molecule has 2 amide bonds. The molecule has 2 atom stereocenters. The highest BCUT2D eigenvalue weighted by Crippen LogP contribution is 2.31. The minimum atomic E-state index is -4.45. The molecule has 0 radical (unpaired) electrons. The number of hydrogen-bond acceptors (Lipinski definition) is 3. The van der Waals surface area contributed by atoms with E-state index in [0.29, 0.717) is 25.0 Å². The second-order valence-electron chi connectivity index (χ2n) is 7.08. The lowest BCUT2D eigenvalue weighted by Crippen LogP contribution is -2.33. The van der Waals surface area contributed by atoms with E-state index in [4.69, 9.17) is 5.73 Å². The zero-order chi connectivity index (χ0) is 20.5. The third-order valence-corrected chi connectivity index (χ3v) is 5.00. The maximum atomic E-state index is 12.9. The summed E-state index contributed by atoms with van der Waals surface area (Å²) in [6.45, 7) is 1.69. The van der Waals surface area contributed by atoms with Crippen LogP contribution in [0.3, 0.4) is 0 Å². The number of benzene rings is 1. The van der Waals surface area contributed by atoms with Gasteiger partial charge in [0.05, 0.1) is 11.3 Å². The molecular weight excluding hydrogens is 373 g/mol. The maximum Gasteiger partial charge on any atom is 0.416 e. The Balaban J connectivity index is 1.76. The number of nitrogens with two attached hydrogens (primary N) is 1. The topological polar surface area (TPSA) is 90.0 Å². The molecule has 0 bridgehead atoms. The number of halogens is 3. The van der Waals surface area contributed by atoms with E-state index in [1.54, 1.807) is 13.0 Å². The van der Waals surface area contributed by atoms with Crippen LogP contribution in [0.25, 0.3) is 5.69 Å². The Morgan fingerprint density at radius 2 is 1.93 bits per heavy atom. The van der Waals surface area contributed by atoms with Crippen LogP contribution in [-0.4, -0.2) is 21.6 Å². The Bertz CT molecular complexity index is 892. The van der Waals surface area contributed by atoms with Crippen molar-refractivity contribution in [2.45, 2.75) is 38.8 Å². The number of carbonyl (C=O) groups excluding carboxylic acids is 2. The quantitative estimate of drug-likeness (QED) is 0.833. The van der Waals surface area contributed by atoms with Crippen molar-refractivity contribution in [2.24, 2.45) is 17.6 Å². The molecule has 1 aliphatic rings. The zero-order valence-electron chi connectivity index (χ0n) is 15.3. The molecule has 3 rings (SSSR count). The Hall–Kier alpha value is -2.84. The first-order chi connectivity index (χ1) is 13.1. The zero-order valence-corrected chi connectivity index (χ0v) is 15.3. The molecule has 1 saturated carbocycles. The molecule has 28 heavy (non-hydrogen) atoms. The summed E-state index contributed by atoms with van der Waals surface area (Å²) in [5.41, 5.74) is 5.40. The minimum absolute atomic E-state index is 0.249. The van der Waals surface area contributed by atoms with Gasteiger partial charge in [0.15, 0.2) is 5.82 Å². The predicted octanol–water partition coefficient (Wildman–Crippen LogP) is 3.43. The van der Waals surface area contributed by atoms with E-state index in [9.17, 15) is 22.8 Å². The van der Waals surface area contributed by atoms with Gasteiger partial charge in [-0.3, -0.25) is 9.59 Å². The van der Waals surface area contributed by atoms with Crippen LogP contribution in [-0.2, 0) is 15.8 Å². The summed E-state index contributed by atoms with van der Waals surface area (Å²) in [6.07, 6.45) is -1.98. The summed E-state index contributed by atoms with van der Waals surface area (Å²) in [5.74, 6) is -1.07. The van der Waals surface area contributed by atoms with Crippen LogP contribution in [0.5, 0.6) is 0 Å². The number of aromatic nitrogens is 2. The molecule has 2 unspecified atom stereocenters. The second-order valence-corrected chi connectivity index (χ2v) is 7.08. The summed E-state index contributed by atoms with van der Waals surface area (Å²) >= 11 is 0. The van der Waals surface area contributed by atoms with Crippen LogP contribution >= 0.6 is 0 Å². The number of primary amides is 1. The summed E-state index contributed by atoms with van der Waals surface area (Å²) in [6, 6.07) is 6.41. The second kappa shape index (κ2) is 7.65. The van der Waals surface area contributed by atoms with E-state index < -0.39 is 17.6 Å². The van der Waals surface area contributed by atoms with Crippen LogP contribution < -0.4 is 11.1 Å². The molecule has 150 valence electrons. The summed E-state index contributed by atoms with van der Waals surface area (Å²) in [7, 11) is 0. The van der Waals surface area contributed by atoms with Crippen LogP contribution in [0, 0.1) is 18.8 Å². The van der Waals surface area contributed by atoms with Crippen molar-refractivity contribution in [3.63, 3.8) is 0 Å². The normalized spacial score (nSPS) is 20.0. The minimum Gasteiger partial charge on any atom is -0.369 e. The van der Waals surface area contributed by atoms with Gasteiger partial charge in [0.1, 0.15) is 0 Å². The Labute approximate surface area is 159 Å². The van der Waals surface area contributed by atoms with Crippen molar-refractivity contribution in [1.82, 2.24) is 9.78 Å². The van der Waals surface area contributed by atoms with Crippen molar-refractivity contribution in [3.8, 4) is 5.69 Å². The molecule has 1 aromatic carbocycles. The largest absolute Gasteiger partial charge is 0.416 e. The molecule has 9 heteroatoms. The van der Waals surface area contributed by atoms with Crippen molar-refractivity contribution in [1.29, 1.82) is 0 Å². The fourth-order valence-corrected chi connectivity index (χ4v) is 3.53. The first-order valence-corrected chi connectivity index (χ1v) is 8.99. The molecule has 1 aromatic heterocycles. The number of anilines is 1. The van der Waals surface area contributed by atoms with Gasteiger partial charge in [0.25, 0.3) is 0 Å². The van der Waals surface area contributed by atoms with E-state index in [1.807, 2.05) is 0 Å². The van der Waals surface area contributed by atoms with Gasteiger partial charge in [-0.2, -0.15) is 13.2 Å². The van der Waals surface area contributed by atoms with Crippen molar-refractivity contribution in [3.05, 3.63) is 41.6 Å². The summed E-state index contributed by atoms with van der Waals surface area (Å²) in [5, 5.41) is 6.92. The lowest BCUT2D eigenvalue weighted by molar-refractivity contribution is -0.137. The SMILES string of the molecule is Cc1cc(NC(=O)C2CCCC(C(N)=O)C2)nn1-c1cccc(C(F)(F)F)c1. The molecule has 1 fully saturated rings. The molecular formula is C19H21F3N4O2. The Morgan fingerprint density at radius 1 is 1.21 bits per heavy atom. The standard InChI is InChI=1S/C19H21F3N4O2/c1-11-8-16(24-18(28)13-5-2-4-12(9-13)17(23)27)25-26(11)15-7-3-6-14(10-15)19(20,21)22/h3,6-8,10,12-13H,2,4-5,9H2,1H3,(H2,23,27)(H,24,25,28). The number of aryl methyl sites for hydroxylation is 1. The van der Waals surface area contributed by atoms with Crippen LogP contribution in [0.2, 0.25) is 0 Å². The van der Waals surface area contributed by atoms with E-state index >= 15 is 0 Å². The van der Waals surface area contributed by atoms with Crippen molar-refractivity contribution < 1.29 is 22.8 Å². The van der Waals surface area contributed by atoms with E-state index in [-0.39, 0.29) is 29.2 Å². The Kier molecular flexibility index (Phi) is 5.44. The monoisotopic (exact) mass is 394 g/mol.